The molecule has 0 N–H and O–H groups in total. The summed E-state index contributed by atoms with van der Waals surface area (Å²) in [6.07, 6.45) is 1.08. The van der Waals surface area contributed by atoms with Crippen molar-refractivity contribution in [3.8, 4) is 0 Å². The van der Waals surface area contributed by atoms with Crippen molar-refractivity contribution in [2.45, 2.75) is 13.3 Å². The molecule has 0 spiro atoms. The van der Waals surface area contributed by atoms with Crippen LogP contribution in [0.25, 0.3) is 10.1 Å². The maximum absolute atomic E-state index is 6.16. The van der Waals surface area contributed by atoms with E-state index in [0.29, 0.717) is 0 Å². The molecule has 3 heteroatoms. The summed E-state index contributed by atoms with van der Waals surface area (Å²) in [6.45, 7) is 2.16. The number of benzene rings is 1. The molecule has 0 aliphatic rings. The maximum atomic E-state index is 6.16. The van der Waals surface area contributed by atoms with Gasteiger partial charge in [-0.05, 0) is 39.9 Å². The van der Waals surface area contributed by atoms with Gasteiger partial charge in [0.05, 0.1) is 9.72 Å². The van der Waals surface area contributed by atoms with Crippen molar-refractivity contribution in [3.63, 3.8) is 0 Å². The fourth-order valence-electron chi connectivity index (χ4n) is 1.27. The molecule has 1 heterocycles. The van der Waals surface area contributed by atoms with Crippen LogP contribution in [0.2, 0.25) is 5.02 Å². The molecule has 2 aromatic rings. The van der Waals surface area contributed by atoms with Crippen LogP contribution in [0, 0.1) is 0 Å². The van der Waals surface area contributed by atoms with Gasteiger partial charge in [0.15, 0.2) is 0 Å². The van der Waals surface area contributed by atoms with E-state index in [1.807, 2.05) is 6.07 Å². The summed E-state index contributed by atoms with van der Waals surface area (Å²) in [4.78, 5) is 1.38. The Balaban J connectivity index is 2.76. The van der Waals surface area contributed by atoms with Gasteiger partial charge in [-0.25, -0.2) is 0 Å². The molecule has 0 fully saturated rings. The van der Waals surface area contributed by atoms with Crippen molar-refractivity contribution in [2.75, 3.05) is 0 Å². The third-order valence-electron chi connectivity index (χ3n) is 1.98. The highest BCUT2D eigenvalue weighted by molar-refractivity contribution is 9.10. The normalized spacial score (nSPS) is 11.0. The molecule has 0 atom stereocenters. The lowest BCUT2D eigenvalue weighted by molar-refractivity contribution is 1.19. The summed E-state index contributed by atoms with van der Waals surface area (Å²) in [5.74, 6) is 0. The van der Waals surface area contributed by atoms with Gasteiger partial charge in [-0.2, -0.15) is 0 Å². The molecule has 0 saturated heterocycles. The van der Waals surface area contributed by atoms with Crippen LogP contribution in [0.3, 0.4) is 0 Å². The Morgan fingerprint density at radius 2 is 2.23 bits per heavy atom. The first-order valence-corrected chi connectivity index (χ1v) is 6.07. The molecule has 0 amide bonds. The van der Waals surface area contributed by atoms with Gasteiger partial charge in [0.25, 0.3) is 0 Å². The van der Waals surface area contributed by atoms with Gasteiger partial charge >= 0.3 is 0 Å². The summed E-state index contributed by atoms with van der Waals surface area (Å²) in [5, 5.41) is 2.08. The molecular weight excluding hydrogens is 268 g/mol. The molecule has 0 nitrogen and oxygen atoms in total. The minimum atomic E-state index is 0.835. The number of rotatable bonds is 1. The Hall–Kier alpha value is -0.0500. The molecular formula is C10H8BrClS. The standard InChI is InChI=1S/C10H8BrClS/c1-2-7-5-6-3-4-8(11)9(12)10(6)13-7/h3-5H,2H2,1H3. The van der Waals surface area contributed by atoms with Crippen molar-refractivity contribution in [1.29, 1.82) is 0 Å². The molecule has 2 rings (SSSR count). The number of aryl methyl sites for hydroxylation is 1. The Kier molecular flexibility index (Phi) is 2.63. The first kappa shape index (κ1) is 9.50. The van der Waals surface area contributed by atoms with E-state index in [2.05, 4.69) is 35.0 Å². The molecule has 0 unspecified atom stereocenters. The van der Waals surface area contributed by atoms with Gasteiger partial charge in [0, 0.05) is 9.35 Å². The van der Waals surface area contributed by atoms with E-state index in [1.54, 1.807) is 11.3 Å². The monoisotopic (exact) mass is 274 g/mol. The molecule has 1 aromatic carbocycles. The molecule has 0 saturated carbocycles. The van der Waals surface area contributed by atoms with Gasteiger partial charge in [0.2, 0.25) is 0 Å². The summed E-state index contributed by atoms with van der Waals surface area (Å²) in [7, 11) is 0. The summed E-state index contributed by atoms with van der Waals surface area (Å²) < 4.78 is 2.17. The summed E-state index contributed by atoms with van der Waals surface area (Å²) >= 11 is 11.4. The first-order chi connectivity index (χ1) is 6.22. The van der Waals surface area contributed by atoms with Gasteiger partial charge < -0.3 is 0 Å². The Morgan fingerprint density at radius 3 is 2.92 bits per heavy atom. The smallest absolute Gasteiger partial charge is 0.0726 e. The molecule has 0 bridgehead atoms. The van der Waals surface area contributed by atoms with Gasteiger partial charge in [-0.3, -0.25) is 0 Å². The average Bonchev–Trinajstić information content (AvgIpc) is 2.55. The van der Waals surface area contributed by atoms with Gasteiger partial charge in [-0.15, -0.1) is 11.3 Å². The largest absolute Gasteiger partial charge is 0.139 e. The maximum Gasteiger partial charge on any atom is 0.0726 e. The van der Waals surface area contributed by atoms with Crippen LogP contribution in [0.4, 0.5) is 0 Å². The number of thiophene rings is 1. The topological polar surface area (TPSA) is 0 Å². The van der Waals surface area contributed by atoms with E-state index in [0.717, 1.165) is 15.9 Å². The lowest BCUT2D eigenvalue weighted by Gasteiger charge is -1.95. The summed E-state index contributed by atoms with van der Waals surface area (Å²) in [6, 6.07) is 6.30. The second kappa shape index (κ2) is 3.60. The first-order valence-electron chi connectivity index (χ1n) is 4.08. The lowest BCUT2D eigenvalue weighted by atomic mass is 10.2. The second-order valence-electron chi connectivity index (χ2n) is 2.85. The molecule has 13 heavy (non-hydrogen) atoms. The zero-order chi connectivity index (χ0) is 9.42. The highest BCUT2D eigenvalue weighted by Gasteiger charge is 2.06. The number of fused-ring (bicyclic) bond motifs is 1. The molecule has 0 aliphatic heterocycles. The van der Waals surface area contributed by atoms with Crippen LogP contribution < -0.4 is 0 Å². The third-order valence-corrected chi connectivity index (χ3v) is 4.68. The highest BCUT2D eigenvalue weighted by atomic mass is 79.9. The average molecular weight is 276 g/mol. The zero-order valence-electron chi connectivity index (χ0n) is 7.10. The van der Waals surface area contributed by atoms with Crippen LogP contribution in [-0.4, -0.2) is 0 Å². The molecule has 68 valence electrons. The predicted octanol–water partition coefficient (Wildman–Crippen LogP) is 4.88. The van der Waals surface area contributed by atoms with Crippen LogP contribution in [0.1, 0.15) is 11.8 Å². The van der Waals surface area contributed by atoms with Gasteiger partial charge in [0.1, 0.15) is 0 Å². The number of hydrogen-bond acceptors (Lipinski definition) is 1. The number of halogens is 2. The van der Waals surface area contributed by atoms with Crippen LogP contribution in [0.15, 0.2) is 22.7 Å². The van der Waals surface area contributed by atoms with Crippen molar-refractivity contribution in [1.82, 2.24) is 0 Å². The third kappa shape index (κ3) is 1.63. The Labute approximate surface area is 94.7 Å². The SMILES string of the molecule is CCc1cc2ccc(Br)c(Cl)c2s1. The van der Waals surface area contributed by atoms with E-state index in [-0.39, 0.29) is 0 Å². The second-order valence-corrected chi connectivity index (χ2v) is 5.22. The molecule has 1 aromatic heterocycles. The van der Waals surface area contributed by atoms with E-state index >= 15 is 0 Å². The quantitative estimate of drug-likeness (QED) is 0.696. The fourth-order valence-corrected chi connectivity index (χ4v) is 3.06. The molecule has 0 radical (unpaired) electrons. The van der Waals surface area contributed by atoms with E-state index in [4.69, 9.17) is 11.6 Å². The number of hydrogen-bond donors (Lipinski definition) is 0. The van der Waals surface area contributed by atoms with E-state index in [1.165, 1.54) is 15.0 Å². The minimum Gasteiger partial charge on any atom is -0.139 e. The van der Waals surface area contributed by atoms with Gasteiger partial charge in [-0.1, -0.05) is 24.6 Å². The van der Waals surface area contributed by atoms with Crippen LogP contribution in [0.5, 0.6) is 0 Å². The Morgan fingerprint density at radius 1 is 1.46 bits per heavy atom. The predicted molar refractivity (Wildman–Crippen MR) is 63.9 cm³/mol. The van der Waals surface area contributed by atoms with Crippen molar-refractivity contribution < 1.29 is 0 Å². The fraction of sp³-hybridized carbons (Fsp3) is 0.200. The van der Waals surface area contributed by atoms with Crippen LogP contribution >= 0.6 is 38.9 Å². The van der Waals surface area contributed by atoms with Crippen molar-refractivity contribution >= 4 is 49.0 Å². The lowest BCUT2D eigenvalue weighted by Crippen LogP contribution is -1.67. The zero-order valence-corrected chi connectivity index (χ0v) is 10.3. The van der Waals surface area contributed by atoms with Crippen molar-refractivity contribution in [3.05, 3.63) is 32.6 Å². The highest BCUT2D eigenvalue weighted by Crippen LogP contribution is 2.36. The summed E-state index contributed by atoms with van der Waals surface area (Å²) in [5.41, 5.74) is 0. The Bertz CT molecular complexity index is 447. The van der Waals surface area contributed by atoms with E-state index < -0.39 is 0 Å². The van der Waals surface area contributed by atoms with Crippen molar-refractivity contribution in [2.24, 2.45) is 0 Å². The minimum absolute atomic E-state index is 0.835. The van der Waals surface area contributed by atoms with Crippen LogP contribution in [-0.2, 0) is 6.42 Å². The molecule has 0 aliphatic carbocycles. The van der Waals surface area contributed by atoms with E-state index in [9.17, 15) is 0 Å².